The predicted molar refractivity (Wildman–Crippen MR) is 533 cm³/mol. The van der Waals surface area contributed by atoms with Crippen molar-refractivity contribution in [1.29, 1.82) is 21.6 Å². The fraction of sp³-hybridized carbons (Fsp3) is 0.565. The Hall–Kier alpha value is -14.3. The van der Waals surface area contributed by atoms with Crippen LogP contribution >= 0.6 is 21.6 Å². The van der Waals surface area contributed by atoms with Gasteiger partial charge in [0.05, 0.1) is 13.0 Å². The van der Waals surface area contributed by atoms with E-state index in [2.05, 4.69) is 90.4 Å². The number of nitrogens with one attached hydrogen (secondary N) is 21. The summed E-state index contributed by atoms with van der Waals surface area (Å²) < 4.78 is 0. The SMILES string of the molecule is CC[C@H](C)[C@@H]1NC(=O)[C@H](Cc2ccc(-c3ccccc3)cc2)NC(=O)[C@H](CC(C)C)NC(=O)[C@@H]2CCCN2C(=O)[C@@H](NC(=O)[C@H](CCCNC(=N)N)NC(=O)[C@H](CCCNC(=N)N)NC(C)=O)CSSC[C@@H](C(=O)N[C@@H](CCCNC(=N)N)C(=O)N[C@@H](CCCNC(=N)N)C(N)=O)NC(=O)[C@H](CCCC(=O)O)NC(=O)[C@@H]2[C@@H](C)CCN2C(=O)[C@H](CC(=O)O)NC(=O)[C@H](Cc2ccc(O)cc2)NC(=O)[C@H](CO)NC1=O. The minimum Gasteiger partial charge on any atom is -0.508 e. The number of carbonyl (C=O) groups is 18. The first-order valence-electron chi connectivity index (χ1n) is 47.6. The smallest absolute Gasteiger partial charge is 0.305 e. The van der Waals surface area contributed by atoms with Crippen LogP contribution in [0.25, 0.3) is 11.1 Å². The van der Waals surface area contributed by atoms with Crippen LogP contribution in [-0.2, 0) is 99.1 Å². The third kappa shape index (κ3) is 40.2. The van der Waals surface area contributed by atoms with E-state index in [0.717, 1.165) is 49.4 Å². The number of guanidine groups is 4. The molecule has 0 aromatic heterocycles. The molecule has 3 heterocycles. The van der Waals surface area contributed by atoms with Crippen LogP contribution in [0.1, 0.15) is 162 Å². The van der Waals surface area contributed by atoms with Gasteiger partial charge in [0, 0.05) is 77.0 Å². The Morgan fingerprint density at radius 3 is 1.47 bits per heavy atom. The Labute approximate surface area is 841 Å². The molecule has 0 aliphatic carbocycles. The quantitative estimate of drug-likeness (QED) is 0.0109. The number of aliphatic carboxylic acids is 2. The molecule has 3 aromatic rings. The van der Waals surface area contributed by atoms with E-state index in [9.17, 15) is 58.8 Å². The van der Waals surface area contributed by atoms with Crippen LogP contribution in [0.3, 0.4) is 0 Å². The molecular weight excluding hydrogens is 1910 g/mol. The molecule has 3 saturated heterocycles. The molecular formula is C92H140N28O22S2. The van der Waals surface area contributed by atoms with Crippen molar-refractivity contribution in [1.82, 2.24) is 100 Å². The zero-order valence-corrected chi connectivity index (χ0v) is 83.1. The van der Waals surface area contributed by atoms with Gasteiger partial charge in [0.1, 0.15) is 96.4 Å². The molecule has 0 radical (unpaired) electrons. The van der Waals surface area contributed by atoms with Gasteiger partial charge in [-0.3, -0.25) is 108 Å². The van der Waals surface area contributed by atoms with Crippen molar-refractivity contribution in [3.05, 3.63) is 90.0 Å². The average molecular weight is 2050 g/mol. The zero-order chi connectivity index (χ0) is 107. The lowest BCUT2D eigenvalue weighted by Gasteiger charge is -2.32. The number of amides is 16. The van der Waals surface area contributed by atoms with Gasteiger partial charge in [-0.2, -0.15) is 0 Å². The molecule has 3 aromatic carbocycles. The first-order chi connectivity index (χ1) is 68.3. The highest BCUT2D eigenvalue weighted by atomic mass is 33.1. The van der Waals surface area contributed by atoms with E-state index in [1.54, 1.807) is 52.0 Å². The number of benzene rings is 3. The molecule has 792 valence electrons. The molecule has 3 aliphatic heterocycles. The van der Waals surface area contributed by atoms with Crippen molar-refractivity contribution in [2.75, 3.05) is 57.4 Å². The molecule has 0 saturated carbocycles. The van der Waals surface area contributed by atoms with E-state index in [1.165, 1.54) is 31.2 Å². The monoisotopic (exact) mass is 2050 g/mol. The van der Waals surface area contributed by atoms with Crippen LogP contribution in [0.4, 0.5) is 0 Å². The first kappa shape index (κ1) is 118. The highest BCUT2D eigenvalue weighted by molar-refractivity contribution is 8.76. The van der Waals surface area contributed by atoms with Crippen molar-refractivity contribution in [3.63, 3.8) is 0 Å². The van der Waals surface area contributed by atoms with E-state index in [0.29, 0.717) is 5.56 Å². The number of primary amides is 1. The van der Waals surface area contributed by atoms with Gasteiger partial charge in [-0.05, 0) is 142 Å². The molecule has 6 rings (SSSR count). The maximum Gasteiger partial charge on any atom is 0.305 e. The van der Waals surface area contributed by atoms with Gasteiger partial charge >= 0.3 is 11.9 Å². The molecule has 17 atom stereocenters. The number of carboxylic acids is 2. The Morgan fingerprint density at radius 1 is 0.486 bits per heavy atom. The van der Waals surface area contributed by atoms with Crippen LogP contribution in [0.5, 0.6) is 5.75 Å². The normalized spacial score (nSPS) is 22.1. The highest BCUT2D eigenvalue weighted by Crippen LogP contribution is 2.30. The Balaban J connectivity index is 1.58. The molecule has 3 aliphatic rings. The zero-order valence-electron chi connectivity index (χ0n) is 81.4. The van der Waals surface area contributed by atoms with Crippen LogP contribution < -0.4 is 119 Å². The van der Waals surface area contributed by atoms with Crippen molar-refractivity contribution >= 4 is 152 Å². The van der Waals surface area contributed by atoms with E-state index < -0.39 is 282 Å². The number of nitrogens with two attached hydrogens (primary N) is 5. The summed E-state index contributed by atoms with van der Waals surface area (Å²) in [5.41, 5.74) is 30.3. The fourth-order valence-corrected chi connectivity index (χ4v) is 18.6. The minimum absolute atomic E-state index is 0.00127. The second kappa shape index (κ2) is 60.2. The van der Waals surface area contributed by atoms with Crippen molar-refractivity contribution in [2.45, 2.75) is 254 Å². The van der Waals surface area contributed by atoms with Crippen molar-refractivity contribution in [2.24, 2.45) is 46.4 Å². The van der Waals surface area contributed by atoms with Gasteiger partial charge in [0.15, 0.2) is 23.8 Å². The molecule has 144 heavy (non-hydrogen) atoms. The fourth-order valence-electron chi connectivity index (χ4n) is 16.2. The summed E-state index contributed by atoms with van der Waals surface area (Å²) in [6.07, 6.45) is -4.05. The summed E-state index contributed by atoms with van der Waals surface area (Å²) in [4.78, 5) is 266. The first-order valence-corrected chi connectivity index (χ1v) is 50.1. The van der Waals surface area contributed by atoms with Crippen LogP contribution in [0, 0.1) is 39.4 Å². The number of phenols is 1. The summed E-state index contributed by atoms with van der Waals surface area (Å²) >= 11 is 0. The van der Waals surface area contributed by atoms with Crippen molar-refractivity contribution in [3.8, 4) is 16.9 Å². The van der Waals surface area contributed by atoms with E-state index in [1.807, 2.05) is 30.3 Å². The third-order valence-corrected chi connectivity index (χ3v) is 26.5. The summed E-state index contributed by atoms with van der Waals surface area (Å²) in [6, 6.07) is -3.92. The summed E-state index contributed by atoms with van der Waals surface area (Å²) in [5.74, 6) is -25.0. The lowest BCUT2D eigenvalue weighted by molar-refractivity contribution is -0.147. The molecule has 0 unspecified atom stereocenters. The van der Waals surface area contributed by atoms with Crippen LogP contribution in [-0.4, -0.2) is 309 Å². The lowest BCUT2D eigenvalue weighted by Crippen LogP contribution is -2.62. The summed E-state index contributed by atoms with van der Waals surface area (Å²) in [6.45, 7) is 7.64. The molecule has 16 amide bonds. The van der Waals surface area contributed by atoms with E-state index in [4.69, 9.17) is 50.3 Å². The Kier molecular flexibility index (Phi) is 49.5. The van der Waals surface area contributed by atoms with E-state index >= 15 is 47.9 Å². The standard InChI is InChI=1S/C92H140N28O22S2/c1-7-49(4)72-85(139)115-66(45-121)82(136)112-63(43-53-28-32-56(123)33-29-53)80(134)114-65(44-71(126)127)87(141)120-40-34-50(5)73(120)86(140)110-59(19-11-25-70(124)125)77(131)116-67(83(137)109-60(22-14-37-104-91(98)99)76(130)107-57(74(93)128)20-12-35-102-89(94)95)46-143-144-47-68(117-78(132)61(23-15-38-105-92(100)101)108-75(129)58(106-51(6)122)21-13-36-103-90(96)97)88(142)119-39-16-24-69(119)84(138)113-62(41-48(2)3)79(133)111-64(81(135)118-72)42-52-26-30-55(31-27-52)54-17-9-8-10-18-54/h8-10,17-18,26-33,48-50,57-69,72-73,121,123H,7,11-16,19-25,34-47H2,1-6H3,(H2,93,128)(H,106,122)(H,107,130)(H,108,129)(H,109,137)(H,110,140)(H,111,133)(H,112,136)(H,113,138)(H,114,134)(H,115,139)(H,116,131)(H,117,132)(H,118,135)(H,124,125)(H,126,127)(H4,94,95,102)(H4,96,97,103)(H4,98,99,104)(H4,100,101,105)/t49-,50-,57-,58-,59-,60-,61-,62-,63-,64-,65-,66-,67-,68-,69-,72-,73-/m0/s1. The average Bonchev–Trinajstić information content (AvgIpc) is 1.65. The second-order valence-electron chi connectivity index (χ2n) is 36.0. The molecule has 0 bridgehead atoms. The Morgan fingerprint density at radius 2 is 0.951 bits per heavy atom. The summed E-state index contributed by atoms with van der Waals surface area (Å²) in [7, 11) is 1.49. The third-order valence-electron chi connectivity index (χ3n) is 24.1. The number of carboxylic acid groups (broad SMARTS) is 2. The van der Waals surface area contributed by atoms with Crippen molar-refractivity contribution < 1.29 is 107 Å². The number of hydrogen-bond donors (Lipinski definition) is 30. The van der Waals surface area contributed by atoms with Gasteiger partial charge in [0.2, 0.25) is 94.5 Å². The second-order valence-corrected chi connectivity index (χ2v) is 38.5. The van der Waals surface area contributed by atoms with Gasteiger partial charge in [0.25, 0.3) is 0 Å². The number of fused-ring (bicyclic) bond motifs is 2. The van der Waals surface area contributed by atoms with Gasteiger partial charge in [-0.25, -0.2) is 0 Å². The molecule has 52 heteroatoms. The predicted octanol–water partition coefficient (Wildman–Crippen LogP) is -4.86. The van der Waals surface area contributed by atoms with Gasteiger partial charge in [-0.1, -0.05) is 129 Å². The van der Waals surface area contributed by atoms with Crippen LogP contribution in [0.15, 0.2) is 78.9 Å². The number of aliphatic hydroxyl groups excluding tert-OH is 1. The largest absolute Gasteiger partial charge is 0.508 e. The number of aromatic hydroxyl groups is 1. The summed E-state index contributed by atoms with van der Waals surface area (Å²) in [5, 5.41) is 117. The van der Waals surface area contributed by atoms with Gasteiger partial charge in [-0.15, -0.1) is 0 Å². The number of hydrogen-bond acceptors (Lipinski definition) is 26. The topological polar surface area (TPSA) is 825 Å². The number of carbonyl (C=O) groups excluding carboxylic acids is 16. The maximum absolute atomic E-state index is 16.0. The van der Waals surface area contributed by atoms with Crippen LogP contribution in [0.2, 0.25) is 0 Å². The Bertz CT molecular complexity index is 4970. The molecule has 50 nitrogen and oxygen atoms in total. The number of rotatable bonds is 42. The molecule has 0 spiro atoms. The number of nitrogens with zero attached hydrogens (tertiary/aromatic N) is 2. The lowest BCUT2D eigenvalue weighted by atomic mass is 9.96. The van der Waals surface area contributed by atoms with E-state index in [-0.39, 0.29) is 147 Å². The highest BCUT2D eigenvalue weighted by Gasteiger charge is 2.47. The number of phenolic OH excluding ortho intramolecular Hbond substituents is 1. The number of aliphatic hydroxyl groups is 1. The van der Waals surface area contributed by atoms with Gasteiger partial charge < -0.3 is 149 Å². The molecule has 35 N–H and O–H groups in total. The minimum atomic E-state index is -2.09. The maximum atomic E-state index is 16.0. The molecule has 3 fully saturated rings.